The fraction of sp³-hybridized carbons (Fsp3) is 1.00. The lowest BCUT2D eigenvalue weighted by atomic mass is 10.5. The van der Waals surface area contributed by atoms with Crippen molar-refractivity contribution in [3.8, 4) is 0 Å². The molecule has 6 heteroatoms. The summed E-state index contributed by atoms with van der Waals surface area (Å²) in [5.74, 6) is 6.05. The first-order chi connectivity index (χ1) is 8.01. The molecule has 1 rings (SSSR count). The van der Waals surface area contributed by atoms with Gasteiger partial charge in [-0.3, -0.25) is 0 Å². The van der Waals surface area contributed by atoms with Gasteiger partial charge in [0.2, 0.25) is 0 Å². The minimum Gasteiger partial charge on any atom is -0.417 e. The lowest BCUT2D eigenvalue weighted by molar-refractivity contribution is 0.338. The van der Waals surface area contributed by atoms with Gasteiger partial charge in [-0.25, -0.2) is 0 Å². The number of rotatable bonds is 7. The van der Waals surface area contributed by atoms with Gasteiger partial charge in [0.1, 0.15) is 0 Å². The van der Waals surface area contributed by atoms with Gasteiger partial charge < -0.3 is 4.43 Å². The quantitative estimate of drug-likeness (QED) is 0.433. The third kappa shape index (κ3) is 8.37. The molecule has 0 amide bonds. The Hall–Kier alpha value is 1.58. The molecule has 0 saturated carbocycles. The van der Waals surface area contributed by atoms with Crippen LogP contribution in [0.15, 0.2) is 0 Å². The molecule has 0 aromatic carbocycles. The lowest BCUT2D eigenvalue weighted by Crippen LogP contribution is -2.27. The number of thiol groups is 1. The molecule has 2 unspecified atom stereocenters. The second-order valence-corrected chi connectivity index (χ2v) is 13.8. The van der Waals surface area contributed by atoms with Crippen LogP contribution in [-0.2, 0) is 4.43 Å². The predicted molar refractivity (Wildman–Crippen MR) is 93.0 cm³/mol. The van der Waals surface area contributed by atoms with Crippen molar-refractivity contribution in [2.75, 3.05) is 35.4 Å². The van der Waals surface area contributed by atoms with E-state index < -0.39 is 8.32 Å². The van der Waals surface area contributed by atoms with Crippen LogP contribution < -0.4 is 0 Å². The Morgan fingerprint density at radius 3 is 2.41 bits per heavy atom. The van der Waals surface area contributed by atoms with Gasteiger partial charge in [-0.1, -0.05) is 0 Å². The summed E-state index contributed by atoms with van der Waals surface area (Å²) in [6.45, 7) is 7.69. The average molecular weight is 329 g/mol. The van der Waals surface area contributed by atoms with Crippen molar-refractivity contribution in [1.29, 1.82) is 0 Å². The van der Waals surface area contributed by atoms with E-state index in [-0.39, 0.29) is 0 Å². The molecule has 0 N–H and O–H groups in total. The maximum atomic E-state index is 5.85. The van der Waals surface area contributed by atoms with Gasteiger partial charge in [-0.05, 0) is 19.6 Å². The van der Waals surface area contributed by atoms with Crippen molar-refractivity contribution < 1.29 is 4.43 Å². The normalized spacial score (nSPS) is 26.1. The molecular formula is C11H24OS4Si. The van der Waals surface area contributed by atoms with Gasteiger partial charge in [0.05, 0.1) is 0 Å². The number of thioether (sulfide) groups is 3. The summed E-state index contributed by atoms with van der Waals surface area (Å²) in [4.78, 5) is 0. The molecule has 102 valence electrons. The van der Waals surface area contributed by atoms with Crippen molar-refractivity contribution in [3.63, 3.8) is 0 Å². The molecule has 1 aliphatic rings. The van der Waals surface area contributed by atoms with Crippen LogP contribution in [0.5, 0.6) is 0 Å². The van der Waals surface area contributed by atoms with Crippen LogP contribution in [0.25, 0.3) is 0 Å². The summed E-state index contributed by atoms with van der Waals surface area (Å²) < 4.78 is 5.85. The first-order valence-electron chi connectivity index (χ1n) is 6.07. The lowest BCUT2D eigenvalue weighted by Gasteiger charge is -2.26. The fourth-order valence-electron chi connectivity index (χ4n) is 1.41. The van der Waals surface area contributed by atoms with E-state index in [2.05, 4.69) is 67.6 Å². The summed E-state index contributed by atoms with van der Waals surface area (Å²) in [6.07, 6.45) is 0. The topological polar surface area (TPSA) is 9.23 Å². The van der Waals surface area contributed by atoms with Crippen LogP contribution in [0.3, 0.4) is 0 Å². The van der Waals surface area contributed by atoms with Gasteiger partial charge in [-0.2, -0.15) is 47.9 Å². The van der Waals surface area contributed by atoms with Crippen LogP contribution in [0.1, 0.15) is 0 Å². The van der Waals surface area contributed by atoms with E-state index in [0.29, 0.717) is 0 Å². The summed E-state index contributed by atoms with van der Waals surface area (Å²) in [5, 5.41) is 1.62. The molecule has 0 spiro atoms. The van der Waals surface area contributed by atoms with Crippen molar-refractivity contribution >= 4 is 56.2 Å². The predicted octanol–water partition coefficient (Wildman–Crippen LogP) is 3.72. The maximum absolute atomic E-state index is 5.85. The fourth-order valence-corrected chi connectivity index (χ4v) is 7.02. The molecule has 1 fully saturated rings. The third-order valence-electron chi connectivity index (χ3n) is 2.31. The zero-order chi connectivity index (χ0) is 12.7. The first-order valence-corrected chi connectivity index (χ1v) is 13.4. The molecule has 0 radical (unpaired) electrons. The SMILES string of the molecule is C[Si](C)(C)OCCSCC1CSC(CS)CS1. The van der Waals surface area contributed by atoms with E-state index in [1.807, 2.05) is 0 Å². The van der Waals surface area contributed by atoms with Crippen molar-refractivity contribution in [1.82, 2.24) is 0 Å². The van der Waals surface area contributed by atoms with Crippen LogP contribution in [0, 0.1) is 0 Å². The van der Waals surface area contributed by atoms with Gasteiger partial charge in [-0.15, -0.1) is 0 Å². The van der Waals surface area contributed by atoms with Gasteiger partial charge >= 0.3 is 0 Å². The highest BCUT2D eigenvalue weighted by Gasteiger charge is 2.21. The highest BCUT2D eigenvalue weighted by molar-refractivity contribution is 8.08. The highest BCUT2D eigenvalue weighted by Crippen LogP contribution is 2.32. The molecule has 17 heavy (non-hydrogen) atoms. The standard InChI is InChI=1S/C11H24OS4Si/c1-17(2,3)12-4-5-14-7-11-9-15-10(6-13)8-16-11/h10-11,13H,4-9H2,1-3H3. The smallest absolute Gasteiger partial charge is 0.183 e. The molecule has 0 bridgehead atoms. The van der Waals surface area contributed by atoms with Crippen molar-refractivity contribution in [3.05, 3.63) is 0 Å². The zero-order valence-electron chi connectivity index (χ0n) is 11.0. The first kappa shape index (κ1) is 16.6. The van der Waals surface area contributed by atoms with Crippen molar-refractivity contribution in [2.45, 2.75) is 30.1 Å². The second-order valence-electron chi connectivity index (χ2n) is 5.13. The number of hydrogen-bond donors (Lipinski definition) is 1. The zero-order valence-corrected chi connectivity index (χ0v) is 15.3. The van der Waals surface area contributed by atoms with Gasteiger partial charge in [0.25, 0.3) is 0 Å². The van der Waals surface area contributed by atoms with Crippen LogP contribution in [0.2, 0.25) is 19.6 Å². The minimum absolute atomic E-state index is 0.778. The Bertz CT molecular complexity index is 202. The van der Waals surface area contributed by atoms with Gasteiger partial charge in [0, 0.05) is 45.9 Å². The third-order valence-corrected chi connectivity index (χ3v) is 8.59. The molecular weight excluding hydrogens is 304 g/mol. The molecule has 1 nitrogen and oxygen atoms in total. The van der Waals surface area contributed by atoms with E-state index in [0.717, 1.165) is 28.6 Å². The molecule has 0 aromatic rings. The Morgan fingerprint density at radius 1 is 1.24 bits per heavy atom. The molecule has 2 atom stereocenters. The molecule has 1 heterocycles. The minimum atomic E-state index is -1.29. The second kappa shape index (κ2) is 8.69. The monoisotopic (exact) mass is 328 g/mol. The Morgan fingerprint density at radius 2 is 1.88 bits per heavy atom. The van der Waals surface area contributed by atoms with E-state index >= 15 is 0 Å². The average Bonchev–Trinajstić information content (AvgIpc) is 2.28. The molecule has 0 aliphatic carbocycles. The maximum Gasteiger partial charge on any atom is 0.183 e. The van der Waals surface area contributed by atoms with Gasteiger partial charge in [0.15, 0.2) is 8.32 Å². The largest absolute Gasteiger partial charge is 0.417 e. The Kier molecular flexibility index (Phi) is 8.50. The highest BCUT2D eigenvalue weighted by atomic mass is 32.2. The van der Waals surface area contributed by atoms with E-state index in [4.69, 9.17) is 4.43 Å². The van der Waals surface area contributed by atoms with Crippen LogP contribution >= 0.6 is 47.9 Å². The number of hydrogen-bond acceptors (Lipinski definition) is 5. The summed E-state index contributed by atoms with van der Waals surface area (Å²) in [7, 11) is -1.29. The summed E-state index contributed by atoms with van der Waals surface area (Å²) in [5.41, 5.74) is 0. The van der Waals surface area contributed by atoms with Crippen LogP contribution in [0.4, 0.5) is 0 Å². The molecule has 0 aromatic heterocycles. The van der Waals surface area contributed by atoms with Crippen LogP contribution in [-0.4, -0.2) is 54.2 Å². The van der Waals surface area contributed by atoms with E-state index in [1.54, 1.807) is 0 Å². The Balaban J connectivity index is 1.97. The van der Waals surface area contributed by atoms with E-state index in [9.17, 15) is 0 Å². The molecule has 1 saturated heterocycles. The molecule has 1 aliphatic heterocycles. The Labute approximate surface area is 126 Å². The van der Waals surface area contributed by atoms with E-state index in [1.165, 1.54) is 17.3 Å². The summed E-state index contributed by atoms with van der Waals surface area (Å²) in [6, 6.07) is 0. The van der Waals surface area contributed by atoms with Crippen molar-refractivity contribution in [2.24, 2.45) is 0 Å². The summed E-state index contributed by atoms with van der Waals surface area (Å²) >= 11 is 10.7.